The first-order valence-corrected chi connectivity index (χ1v) is 7.09. The molecule has 0 radical (unpaired) electrons. The molecule has 116 valence electrons. The third-order valence-corrected chi connectivity index (χ3v) is 3.93. The Balaban J connectivity index is 2.82. The van der Waals surface area contributed by atoms with E-state index in [2.05, 4.69) is 5.32 Å². The van der Waals surface area contributed by atoms with E-state index in [-0.39, 0.29) is 17.3 Å². The zero-order valence-corrected chi connectivity index (χ0v) is 13.7. The van der Waals surface area contributed by atoms with E-state index in [1.54, 1.807) is 26.4 Å². The Morgan fingerprint density at radius 1 is 1.33 bits per heavy atom. The summed E-state index contributed by atoms with van der Waals surface area (Å²) in [5.41, 5.74) is 5.85. The number of methoxy groups -OCH3 is 2. The van der Waals surface area contributed by atoms with Crippen molar-refractivity contribution >= 4 is 23.1 Å². The lowest BCUT2D eigenvalue weighted by Crippen LogP contribution is -2.54. The van der Waals surface area contributed by atoms with Crippen molar-refractivity contribution < 1.29 is 14.3 Å². The minimum absolute atomic E-state index is 0.139. The smallest absolute Gasteiger partial charge is 0.225 e. The number of carbonyl (C=O) groups excluding carboxylic acids is 1. The normalized spacial score (nSPS) is 13.1. The van der Waals surface area contributed by atoms with Gasteiger partial charge in [-0.3, -0.25) is 4.79 Å². The molecular weight excluding hydrogens is 288 g/mol. The van der Waals surface area contributed by atoms with Crippen LogP contribution in [-0.4, -0.2) is 30.7 Å². The van der Waals surface area contributed by atoms with Crippen LogP contribution in [0, 0.1) is 0 Å². The second-order valence-corrected chi connectivity index (χ2v) is 5.40. The SMILES string of the molecule is CCC(C)(NC(=O)Cc1ccc(OC)c(OC)c1)C(N)=S. The van der Waals surface area contributed by atoms with Gasteiger partial charge in [-0.05, 0) is 31.0 Å². The topological polar surface area (TPSA) is 73.6 Å². The molecule has 6 heteroatoms. The predicted molar refractivity (Wildman–Crippen MR) is 86.9 cm³/mol. The van der Waals surface area contributed by atoms with Crippen LogP contribution in [0.4, 0.5) is 0 Å². The number of thiocarbonyl (C=S) groups is 1. The van der Waals surface area contributed by atoms with Gasteiger partial charge in [0.05, 0.1) is 31.2 Å². The summed E-state index contributed by atoms with van der Waals surface area (Å²) in [6.45, 7) is 3.75. The van der Waals surface area contributed by atoms with Crippen molar-refractivity contribution in [3.05, 3.63) is 23.8 Å². The minimum Gasteiger partial charge on any atom is -0.493 e. The highest BCUT2D eigenvalue weighted by Gasteiger charge is 2.27. The Kier molecular flexibility index (Phi) is 5.96. The molecular formula is C15H22N2O3S. The number of benzene rings is 1. The molecule has 0 aliphatic rings. The van der Waals surface area contributed by atoms with Crippen LogP contribution >= 0.6 is 12.2 Å². The first-order chi connectivity index (χ1) is 9.86. The third kappa shape index (κ3) is 4.32. The van der Waals surface area contributed by atoms with E-state index in [1.807, 2.05) is 19.9 Å². The average Bonchev–Trinajstić information content (AvgIpc) is 2.46. The molecule has 1 unspecified atom stereocenters. The molecule has 0 aromatic heterocycles. The maximum atomic E-state index is 12.1. The zero-order valence-electron chi connectivity index (χ0n) is 12.9. The molecule has 0 heterocycles. The summed E-state index contributed by atoms with van der Waals surface area (Å²) in [4.78, 5) is 12.4. The summed E-state index contributed by atoms with van der Waals surface area (Å²) in [6.07, 6.45) is 0.860. The lowest BCUT2D eigenvalue weighted by Gasteiger charge is -2.28. The fourth-order valence-corrected chi connectivity index (χ4v) is 2.05. The molecule has 0 fully saturated rings. The number of rotatable bonds is 7. The van der Waals surface area contributed by atoms with Gasteiger partial charge in [0, 0.05) is 0 Å². The molecule has 0 bridgehead atoms. The fourth-order valence-electron chi connectivity index (χ4n) is 1.85. The van der Waals surface area contributed by atoms with Gasteiger partial charge in [-0.2, -0.15) is 0 Å². The highest BCUT2D eigenvalue weighted by atomic mass is 32.1. The van der Waals surface area contributed by atoms with E-state index < -0.39 is 5.54 Å². The Bertz CT molecular complexity index is 534. The summed E-state index contributed by atoms with van der Waals surface area (Å²) < 4.78 is 10.4. The molecule has 21 heavy (non-hydrogen) atoms. The highest BCUT2D eigenvalue weighted by Crippen LogP contribution is 2.27. The lowest BCUT2D eigenvalue weighted by atomic mass is 9.98. The van der Waals surface area contributed by atoms with Crippen LogP contribution in [0.15, 0.2) is 18.2 Å². The van der Waals surface area contributed by atoms with Crippen LogP contribution in [0.5, 0.6) is 11.5 Å². The summed E-state index contributed by atoms with van der Waals surface area (Å²) in [5, 5.41) is 2.88. The zero-order chi connectivity index (χ0) is 16.0. The largest absolute Gasteiger partial charge is 0.493 e. The fraction of sp³-hybridized carbons (Fsp3) is 0.467. The lowest BCUT2D eigenvalue weighted by molar-refractivity contribution is -0.121. The molecule has 1 aromatic rings. The van der Waals surface area contributed by atoms with Gasteiger partial charge in [-0.25, -0.2) is 0 Å². The van der Waals surface area contributed by atoms with Crippen LogP contribution in [0.25, 0.3) is 0 Å². The van der Waals surface area contributed by atoms with Crippen molar-refractivity contribution in [1.29, 1.82) is 0 Å². The number of nitrogens with two attached hydrogens (primary N) is 1. The Morgan fingerprint density at radius 2 is 1.95 bits per heavy atom. The van der Waals surface area contributed by atoms with E-state index in [1.165, 1.54) is 0 Å². The molecule has 3 N–H and O–H groups in total. The summed E-state index contributed by atoms with van der Waals surface area (Å²) in [5.74, 6) is 1.08. The van der Waals surface area contributed by atoms with E-state index in [0.29, 0.717) is 17.9 Å². The quantitative estimate of drug-likeness (QED) is 0.752. The Hall–Kier alpha value is -1.82. The van der Waals surface area contributed by atoms with E-state index in [0.717, 1.165) is 5.56 Å². The second kappa shape index (κ2) is 7.26. The average molecular weight is 310 g/mol. The predicted octanol–water partition coefficient (Wildman–Crippen LogP) is 1.82. The van der Waals surface area contributed by atoms with Crippen LogP contribution in [0.2, 0.25) is 0 Å². The van der Waals surface area contributed by atoms with Crippen molar-refractivity contribution in [1.82, 2.24) is 5.32 Å². The number of carbonyl (C=O) groups is 1. The third-order valence-electron chi connectivity index (χ3n) is 3.48. The van der Waals surface area contributed by atoms with Gasteiger partial charge in [0.15, 0.2) is 11.5 Å². The molecule has 5 nitrogen and oxygen atoms in total. The number of amides is 1. The molecule has 1 rings (SSSR count). The molecule has 0 spiro atoms. The van der Waals surface area contributed by atoms with Gasteiger partial charge in [0.25, 0.3) is 0 Å². The van der Waals surface area contributed by atoms with E-state index in [4.69, 9.17) is 27.4 Å². The number of nitrogens with one attached hydrogen (secondary N) is 1. The molecule has 0 aliphatic heterocycles. The molecule has 0 saturated carbocycles. The van der Waals surface area contributed by atoms with Gasteiger partial charge in [0.2, 0.25) is 5.91 Å². The maximum absolute atomic E-state index is 12.1. The first kappa shape index (κ1) is 17.2. The molecule has 1 atom stereocenters. The van der Waals surface area contributed by atoms with E-state index >= 15 is 0 Å². The van der Waals surface area contributed by atoms with Crippen molar-refractivity contribution in [2.45, 2.75) is 32.2 Å². The minimum atomic E-state index is -0.664. The van der Waals surface area contributed by atoms with E-state index in [9.17, 15) is 4.79 Å². The van der Waals surface area contributed by atoms with Crippen molar-refractivity contribution in [2.75, 3.05) is 14.2 Å². The van der Waals surface area contributed by atoms with Crippen molar-refractivity contribution in [2.24, 2.45) is 5.73 Å². The molecule has 1 amide bonds. The van der Waals surface area contributed by atoms with Crippen LogP contribution in [-0.2, 0) is 11.2 Å². The number of hydrogen-bond donors (Lipinski definition) is 2. The number of ether oxygens (including phenoxy) is 2. The monoisotopic (exact) mass is 310 g/mol. The Labute approximate surface area is 130 Å². The summed E-state index contributed by atoms with van der Waals surface area (Å²) >= 11 is 5.01. The van der Waals surface area contributed by atoms with Crippen LogP contribution in [0.1, 0.15) is 25.8 Å². The van der Waals surface area contributed by atoms with Crippen molar-refractivity contribution in [3.8, 4) is 11.5 Å². The van der Waals surface area contributed by atoms with Crippen LogP contribution < -0.4 is 20.5 Å². The van der Waals surface area contributed by atoms with Gasteiger partial charge >= 0.3 is 0 Å². The maximum Gasteiger partial charge on any atom is 0.225 e. The molecule has 0 saturated heterocycles. The van der Waals surface area contributed by atoms with Gasteiger partial charge < -0.3 is 20.5 Å². The van der Waals surface area contributed by atoms with Gasteiger partial charge in [-0.15, -0.1) is 0 Å². The van der Waals surface area contributed by atoms with Gasteiger partial charge in [-0.1, -0.05) is 25.2 Å². The summed E-state index contributed by atoms with van der Waals surface area (Å²) in [7, 11) is 3.13. The molecule has 0 aliphatic carbocycles. The second-order valence-electron chi connectivity index (χ2n) is 4.96. The summed E-state index contributed by atoms with van der Waals surface area (Å²) in [6, 6.07) is 5.38. The highest BCUT2D eigenvalue weighted by molar-refractivity contribution is 7.80. The van der Waals surface area contributed by atoms with Crippen LogP contribution in [0.3, 0.4) is 0 Å². The number of hydrogen-bond acceptors (Lipinski definition) is 4. The molecule has 1 aromatic carbocycles. The standard InChI is InChI=1S/C15H22N2O3S/c1-5-15(2,14(16)21)17-13(18)9-10-6-7-11(19-3)12(8-10)20-4/h6-8H,5,9H2,1-4H3,(H2,16,21)(H,17,18). The Morgan fingerprint density at radius 3 is 2.43 bits per heavy atom. The van der Waals surface area contributed by atoms with Gasteiger partial charge in [0.1, 0.15) is 0 Å². The first-order valence-electron chi connectivity index (χ1n) is 6.68. The van der Waals surface area contributed by atoms with Crippen molar-refractivity contribution in [3.63, 3.8) is 0 Å².